The summed E-state index contributed by atoms with van der Waals surface area (Å²) in [6, 6.07) is 4.23. The van der Waals surface area contributed by atoms with Gasteiger partial charge in [0, 0.05) is 12.2 Å². The van der Waals surface area contributed by atoms with Crippen molar-refractivity contribution in [2.24, 2.45) is 0 Å². The number of aliphatic hydroxyl groups is 1. The maximum absolute atomic E-state index is 13.5. The summed E-state index contributed by atoms with van der Waals surface area (Å²) < 4.78 is 24.7. The van der Waals surface area contributed by atoms with Crippen LogP contribution in [0.25, 0.3) is 0 Å². The molecule has 1 aliphatic rings. The van der Waals surface area contributed by atoms with Crippen molar-refractivity contribution >= 4 is 0 Å². The lowest BCUT2D eigenvalue weighted by atomic mass is 9.78. The third-order valence-corrected chi connectivity index (χ3v) is 4.12. The zero-order valence-corrected chi connectivity index (χ0v) is 12.2. The van der Waals surface area contributed by atoms with E-state index in [0.717, 1.165) is 32.1 Å². The van der Waals surface area contributed by atoms with Gasteiger partial charge in [0.25, 0.3) is 0 Å². The minimum atomic E-state index is -0.867. The van der Waals surface area contributed by atoms with Gasteiger partial charge >= 0.3 is 0 Å². The van der Waals surface area contributed by atoms with E-state index in [1.165, 1.54) is 19.2 Å². The molecule has 0 saturated heterocycles. The molecule has 1 saturated carbocycles. The topological polar surface area (TPSA) is 38.7 Å². The van der Waals surface area contributed by atoms with Crippen LogP contribution in [0.5, 0.6) is 5.75 Å². The Bertz CT molecular complexity index is 436. The Morgan fingerprint density at radius 2 is 2.00 bits per heavy atom. The van der Waals surface area contributed by atoms with Crippen LogP contribution in [0, 0.1) is 5.82 Å². The van der Waals surface area contributed by atoms with Crippen molar-refractivity contribution in [3.05, 3.63) is 29.6 Å². The van der Waals surface area contributed by atoms with Gasteiger partial charge in [-0.1, -0.05) is 19.3 Å². The first kappa shape index (κ1) is 15.3. The fraction of sp³-hybridized carbons (Fsp3) is 0.625. The maximum atomic E-state index is 13.5. The minimum absolute atomic E-state index is 0.373. The largest absolute Gasteiger partial charge is 0.496 e. The minimum Gasteiger partial charge on any atom is -0.496 e. The van der Waals surface area contributed by atoms with E-state index in [0.29, 0.717) is 17.9 Å². The number of halogens is 1. The van der Waals surface area contributed by atoms with Gasteiger partial charge in [-0.3, -0.25) is 0 Å². The molecule has 1 fully saturated rings. The van der Waals surface area contributed by atoms with Crippen molar-refractivity contribution in [1.29, 1.82) is 0 Å². The van der Waals surface area contributed by atoms with Crippen LogP contribution in [-0.2, 0) is 4.74 Å². The Balaban J connectivity index is 2.36. The maximum Gasteiger partial charge on any atom is 0.124 e. The molecule has 20 heavy (non-hydrogen) atoms. The van der Waals surface area contributed by atoms with Gasteiger partial charge in [-0.15, -0.1) is 0 Å². The molecular formula is C16H23FO3. The summed E-state index contributed by atoms with van der Waals surface area (Å²) in [5.74, 6) is 0.130. The quantitative estimate of drug-likeness (QED) is 0.896. The smallest absolute Gasteiger partial charge is 0.124 e. The first-order chi connectivity index (χ1) is 9.63. The summed E-state index contributed by atoms with van der Waals surface area (Å²) in [7, 11) is 1.53. The van der Waals surface area contributed by atoms with Crippen molar-refractivity contribution in [3.8, 4) is 5.75 Å². The summed E-state index contributed by atoms with van der Waals surface area (Å²) in [6.45, 7) is 2.46. The summed E-state index contributed by atoms with van der Waals surface area (Å²) in [6.07, 6.45) is 3.92. The van der Waals surface area contributed by atoms with E-state index < -0.39 is 11.7 Å². The highest BCUT2D eigenvalue weighted by atomic mass is 19.1. The van der Waals surface area contributed by atoms with Crippen LogP contribution in [-0.4, -0.2) is 24.4 Å². The fourth-order valence-electron chi connectivity index (χ4n) is 3.14. The molecule has 1 atom stereocenters. The molecule has 3 nitrogen and oxygen atoms in total. The van der Waals surface area contributed by atoms with E-state index in [1.54, 1.807) is 6.07 Å². The number of benzene rings is 1. The fourth-order valence-corrected chi connectivity index (χ4v) is 3.14. The summed E-state index contributed by atoms with van der Waals surface area (Å²) in [5, 5.41) is 10.8. The summed E-state index contributed by atoms with van der Waals surface area (Å²) >= 11 is 0. The summed E-state index contributed by atoms with van der Waals surface area (Å²) in [4.78, 5) is 0. The Labute approximate surface area is 119 Å². The van der Waals surface area contributed by atoms with Crippen LogP contribution in [0.1, 0.15) is 50.7 Å². The number of methoxy groups -OCH3 is 1. The Hall–Kier alpha value is -1.13. The monoisotopic (exact) mass is 282 g/mol. The third kappa shape index (κ3) is 2.96. The molecule has 112 valence electrons. The van der Waals surface area contributed by atoms with Gasteiger partial charge < -0.3 is 14.6 Å². The zero-order valence-electron chi connectivity index (χ0n) is 12.2. The summed E-state index contributed by atoms with van der Waals surface area (Å²) in [5.41, 5.74) is -0.142. The van der Waals surface area contributed by atoms with Crippen LogP contribution < -0.4 is 4.74 Å². The Morgan fingerprint density at radius 1 is 1.30 bits per heavy atom. The lowest BCUT2D eigenvalue weighted by Gasteiger charge is -2.41. The standard InChI is InChI=1S/C16H23FO3/c1-3-20-16(9-5-4-6-10-16)15(18)13-11-12(17)7-8-14(13)19-2/h7-8,11,15,18H,3-6,9-10H2,1-2H3. The molecule has 1 aliphatic carbocycles. The highest BCUT2D eigenvalue weighted by molar-refractivity contribution is 5.37. The van der Waals surface area contributed by atoms with Gasteiger partial charge in [0.1, 0.15) is 17.7 Å². The average molecular weight is 282 g/mol. The molecule has 4 heteroatoms. The second-order valence-electron chi connectivity index (χ2n) is 5.35. The predicted octanol–water partition coefficient (Wildman–Crippen LogP) is 3.61. The van der Waals surface area contributed by atoms with Crippen LogP contribution in [0.3, 0.4) is 0 Å². The molecule has 0 spiro atoms. The Morgan fingerprint density at radius 3 is 2.60 bits per heavy atom. The van der Waals surface area contributed by atoms with E-state index in [4.69, 9.17) is 9.47 Å². The molecule has 2 rings (SSSR count). The van der Waals surface area contributed by atoms with Crippen LogP contribution in [0.4, 0.5) is 4.39 Å². The van der Waals surface area contributed by atoms with Gasteiger partial charge in [0.2, 0.25) is 0 Å². The van der Waals surface area contributed by atoms with E-state index in [2.05, 4.69) is 0 Å². The number of hydrogen-bond donors (Lipinski definition) is 1. The number of ether oxygens (including phenoxy) is 2. The second-order valence-corrected chi connectivity index (χ2v) is 5.35. The lowest BCUT2D eigenvalue weighted by Crippen LogP contribution is -2.41. The third-order valence-electron chi connectivity index (χ3n) is 4.12. The van der Waals surface area contributed by atoms with Crippen molar-refractivity contribution in [2.75, 3.05) is 13.7 Å². The zero-order chi connectivity index (χ0) is 14.6. The van der Waals surface area contributed by atoms with E-state index >= 15 is 0 Å². The van der Waals surface area contributed by atoms with Crippen molar-refractivity contribution in [2.45, 2.75) is 50.7 Å². The van der Waals surface area contributed by atoms with Crippen molar-refractivity contribution in [1.82, 2.24) is 0 Å². The highest BCUT2D eigenvalue weighted by Gasteiger charge is 2.41. The molecule has 0 aromatic heterocycles. The molecule has 1 aromatic carbocycles. The van der Waals surface area contributed by atoms with Crippen molar-refractivity contribution in [3.63, 3.8) is 0 Å². The SMILES string of the molecule is CCOC1(C(O)c2cc(F)ccc2OC)CCCCC1. The highest BCUT2D eigenvalue weighted by Crippen LogP contribution is 2.43. The normalized spacial score (nSPS) is 19.6. The van der Waals surface area contributed by atoms with Gasteiger partial charge in [0.15, 0.2) is 0 Å². The molecule has 0 aliphatic heterocycles. The number of hydrogen-bond acceptors (Lipinski definition) is 3. The lowest BCUT2D eigenvalue weighted by molar-refractivity contribution is -0.142. The van der Waals surface area contributed by atoms with Gasteiger partial charge in [-0.05, 0) is 38.0 Å². The second kappa shape index (κ2) is 6.55. The van der Waals surface area contributed by atoms with Gasteiger partial charge in [-0.25, -0.2) is 4.39 Å². The van der Waals surface area contributed by atoms with Crippen molar-refractivity contribution < 1.29 is 19.0 Å². The molecular weight excluding hydrogens is 259 g/mol. The molecule has 0 radical (unpaired) electrons. The van der Waals surface area contributed by atoms with Crippen LogP contribution in [0.15, 0.2) is 18.2 Å². The van der Waals surface area contributed by atoms with Gasteiger partial charge in [-0.2, -0.15) is 0 Å². The first-order valence-corrected chi connectivity index (χ1v) is 7.28. The molecule has 0 heterocycles. The Kier molecular flexibility index (Phi) is 5.00. The number of rotatable bonds is 5. The molecule has 0 bridgehead atoms. The molecule has 1 N–H and O–H groups in total. The molecule has 0 amide bonds. The number of aliphatic hydroxyl groups excluding tert-OH is 1. The first-order valence-electron chi connectivity index (χ1n) is 7.28. The van der Waals surface area contributed by atoms with E-state index in [-0.39, 0.29) is 5.82 Å². The average Bonchev–Trinajstić information content (AvgIpc) is 2.47. The van der Waals surface area contributed by atoms with Crippen LogP contribution >= 0.6 is 0 Å². The van der Waals surface area contributed by atoms with Gasteiger partial charge in [0.05, 0.1) is 12.7 Å². The van der Waals surface area contributed by atoms with E-state index in [1.807, 2.05) is 6.92 Å². The predicted molar refractivity (Wildman–Crippen MR) is 75.4 cm³/mol. The van der Waals surface area contributed by atoms with Crippen LogP contribution in [0.2, 0.25) is 0 Å². The molecule has 1 aromatic rings. The van der Waals surface area contributed by atoms with E-state index in [9.17, 15) is 9.50 Å². The molecule has 1 unspecified atom stereocenters.